The molecular formula is C14H12ClNOS2. The van der Waals surface area contributed by atoms with Crippen LogP contribution in [0.3, 0.4) is 0 Å². The van der Waals surface area contributed by atoms with Gasteiger partial charge in [0.2, 0.25) is 0 Å². The zero-order valence-corrected chi connectivity index (χ0v) is 12.5. The van der Waals surface area contributed by atoms with E-state index in [1.165, 1.54) is 10.4 Å². The maximum absolute atomic E-state index is 12.1. The second-order valence-electron chi connectivity index (χ2n) is 4.36. The quantitative estimate of drug-likeness (QED) is 0.925. The van der Waals surface area contributed by atoms with E-state index in [1.807, 2.05) is 42.1 Å². The highest BCUT2D eigenvalue weighted by atomic mass is 35.5. The molecule has 1 amide bonds. The van der Waals surface area contributed by atoms with Crippen LogP contribution in [0.2, 0.25) is 5.02 Å². The Labute approximate surface area is 125 Å². The number of amides is 1. The van der Waals surface area contributed by atoms with Gasteiger partial charge >= 0.3 is 0 Å². The van der Waals surface area contributed by atoms with Crippen molar-refractivity contribution in [2.75, 3.05) is 0 Å². The number of benzene rings is 1. The Balaban J connectivity index is 1.63. The van der Waals surface area contributed by atoms with Crippen LogP contribution in [0.5, 0.6) is 0 Å². The first kappa shape index (κ1) is 13.0. The van der Waals surface area contributed by atoms with Gasteiger partial charge in [0.15, 0.2) is 0 Å². The summed E-state index contributed by atoms with van der Waals surface area (Å²) in [4.78, 5) is 14.2. The fraction of sp³-hybridized carbons (Fsp3) is 0.214. The molecule has 0 fully saturated rings. The summed E-state index contributed by atoms with van der Waals surface area (Å²) >= 11 is 9.35. The van der Waals surface area contributed by atoms with Crippen molar-refractivity contribution < 1.29 is 4.79 Å². The fourth-order valence-electron chi connectivity index (χ4n) is 1.95. The van der Waals surface area contributed by atoms with E-state index in [2.05, 4.69) is 5.32 Å². The number of thioether (sulfide) groups is 1. The summed E-state index contributed by atoms with van der Waals surface area (Å²) in [6, 6.07) is 9.54. The zero-order chi connectivity index (χ0) is 13.2. The molecule has 0 saturated heterocycles. The molecular weight excluding hydrogens is 298 g/mol. The van der Waals surface area contributed by atoms with Crippen molar-refractivity contribution >= 4 is 40.6 Å². The lowest BCUT2D eigenvalue weighted by Gasteiger charge is -2.04. The predicted octanol–water partition coefficient (Wildman–Crippen LogP) is 4.08. The summed E-state index contributed by atoms with van der Waals surface area (Å²) in [7, 11) is 0. The largest absolute Gasteiger partial charge is 0.347 e. The maximum atomic E-state index is 12.1. The number of hydrogen-bond donors (Lipinski definition) is 1. The summed E-state index contributed by atoms with van der Waals surface area (Å²) in [5.74, 6) is 2.10. The lowest BCUT2D eigenvalue weighted by molar-refractivity contribution is 0.0955. The molecule has 1 aliphatic heterocycles. The molecule has 0 radical (unpaired) electrons. The van der Waals surface area contributed by atoms with Crippen molar-refractivity contribution in [1.29, 1.82) is 0 Å². The Hall–Kier alpha value is -0.970. The van der Waals surface area contributed by atoms with Crippen molar-refractivity contribution in [3.8, 4) is 0 Å². The molecule has 1 N–H and O–H groups in total. The molecule has 0 bridgehead atoms. The van der Waals surface area contributed by atoms with Crippen LogP contribution in [0.15, 0.2) is 30.3 Å². The fourth-order valence-corrected chi connectivity index (χ4v) is 4.50. The number of halogens is 1. The molecule has 0 unspecified atom stereocenters. The number of thiophene rings is 1. The van der Waals surface area contributed by atoms with Gasteiger partial charge in [-0.05, 0) is 29.3 Å². The van der Waals surface area contributed by atoms with E-state index in [0.717, 1.165) is 21.9 Å². The first-order valence-electron chi connectivity index (χ1n) is 5.94. The number of fused-ring (bicyclic) bond motifs is 1. The van der Waals surface area contributed by atoms with E-state index in [0.29, 0.717) is 11.6 Å². The summed E-state index contributed by atoms with van der Waals surface area (Å²) in [6.07, 6.45) is 0. The Morgan fingerprint density at radius 2 is 2.05 bits per heavy atom. The topological polar surface area (TPSA) is 29.1 Å². The summed E-state index contributed by atoms with van der Waals surface area (Å²) in [5.41, 5.74) is 2.38. The minimum absolute atomic E-state index is 0.0133. The van der Waals surface area contributed by atoms with Gasteiger partial charge < -0.3 is 5.32 Å². The molecule has 1 aliphatic rings. The molecule has 3 rings (SSSR count). The standard InChI is InChI=1S/C14H12ClNOS2/c15-11-3-1-9(2-4-11)6-16-14(17)12-5-10-7-18-8-13(10)19-12/h1-5H,6-8H2,(H,16,17). The zero-order valence-electron chi connectivity index (χ0n) is 10.1. The van der Waals surface area contributed by atoms with Crippen LogP contribution in [0.25, 0.3) is 0 Å². The van der Waals surface area contributed by atoms with Gasteiger partial charge in [-0.25, -0.2) is 0 Å². The minimum atomic E-state index is 0.0133. The van der Waals surface area contributed by atoms with Gasteiger partial charge in [-0.3, -0.25) is 4.79 Å². The molecule has 2 nitrogen and oxygen atoms in total. The number of carbonyl (C=O) groups is 1. The number of rotatable bonds is 3. The van der Waals surface area contributed by atoms with Crippen molar-refractivity contribution in [3.63, 3.8) is 0 Å². The van der Waals surface area contributed by atoms with E-state index >= 15 is 0 Å². The summed E-state index contributed by atoms with van der Waals surface area (Å²) in [6.45, 7) is 0.535. The van der Waals surface area contributed by atoms with Gasteiger partial charge in [0.1, 0.15) is 0 Å². The summed E-state index contributed by atoms with van der Waals surface area (Å²) < 4.78 is 0. The van der Waals surface area contributed by atoms with Gasteiger partial charge in [0, 0.05) is 28.0 Å². The van der Waals surface area contributed by atoms with Gasteiger partial charge in [-0.1, -0.05) is 23.7 Å². The smallest absolute Gasteiger partial charge is 0.261 e. The highest BCUT2D eigenvalue weighted by Gasteiger charge is 2.18. The number of nitrogens with one attached hydrogen (secondary N) is 1. The first-order chi connectivity index (χ1) is 9.22. The van der Waals surface area contributed by atoms with E-state index in [1.54, 1.807) is 11.3 Å². The Morgan fingerprint density at radius 3 is 2.79 bits per heavy atom. The average molecular weight is 310 g/mol. The molecule has 19 heavy (non-hydrogen) atoms. The third-order valence-corrected chi connectivity index (χ3v) is 5.60. The van der Waals surface area contributed by atoms with E-state index in [9.17, 15) is 4.79 Å². The van der Waals surface area contributed by atoms with E-state index < -0.39 is 0 Å². The van der Waals surface area contributed by atoms with E-state index in [-0.39, 0.29) is 5.91 Å². The molecule has 1 aromatic carbocycles. The van der Waals surface area contributed by atoms with Crippen LogP contribution in [0, 0.1) is 0 Å². The molecule has 0 atom stereocenters. The van der Waals surface area contributed by atoms with E-state index in [4.69, 9.17) is 11.6 Å². The SMILES string of the molecule is O=C(NCc1ccc(Cl)cc1)c1cc2c(s1)CSC2. The molecule has 2 aromatic rings. The highest BCUT2D eigenvalue weighted by molar-refractivity contribution is 7.98. The van der Waals surface area contributed by atoms with Gasteiger partial charge in [0.05, 0.1) is 4.88 Å². The third kappa shape index (κ3) is 2.96. The normalized spacial score (nSPS) is 13.3. The Bertz CT molecular complexity index is 585. The third-order valence-electron chi connectivity index (χ3n) is 2.98. The summed E-state index contributed by atoms with van der Waals surface area (Å²) in [5, 5.41) is 3.66. The van der Waals surface area contributed by atoms with Gasteiger partial charge in [-0.15, -0.1) is 11.3 Å². The lowest BCUT2D eigenvalue weighted by atomic mass is 10.2. The van der Waals surface area contributed by atoms with Crippen molar-refractivity contribution in [2.24, 2.45) is 0 Å². The Morgan fingerprint density at radius 1 is 1.26 bits per heavy atom. The van der Waals surface area contributed by atoms with Crippen LogP contribution in [0.4, 0.5) is 0 Å². The molecule has 1 aromatic heterocycles. The van der Waals surface area contributed by atoms with Crippen LogP contribution < -0.4 is 5.32 Å². The van der Waals surface area contributed by atoms with Gasteiger partial charge in [-0.2, -0.15) is 11.8 Å². The second kappa shape index (κ2) is 5.57. The van der Waals surface area contributed by atoms with Crippen LogP contribution in [-0.4, -0.2) is 5.91 Å². The van der Waals surface area contributed by atoms with Crippen molar-refractivity contribution in [1.82, 2.24) is 5.32 Å². The number of carbonyl (C=O) groups excluding carboxylic acids is 1. The molecule has 0 saturated carbocycles. The molecule has 0 spiro atoms. The lowest BCUT2D eigenvalue weighted by Crippen LogP contribution is -2.21. The molecule has 5 heteroatoms. The predicted molar refractivity (Wildman–Crippen MR) is 81.9 cm³/mol. The Kier molecular flexibility index (Phi) is 3.82. The molecule has 98 valence electrons. The second-order valence-corrected chi connectivity index (χ2v) is 6.92. The maximum Gasteiger partial charge on any atom is 0.261 e. The molecule has 2 heterocycles. The van der Waals surface area contributed by atoms with Crippen molar-refractivity contribution in [2.45, 2.75) is 18.1 Å². The van der Waals surface area contributed by atoms with Crippen LogP contribution in [-0.2, 0) is 18.1 Å². The first-order valence-corrected chi connectivity index (χ1v) is 8.29. The van der Waals surface area contributed by atoms with Crippen LogP contribution in [0.1, 0.15) is 25.7 Å². The average Bonchev–Trinajstić information content (AvgIpc) is 2.98. The highest BCUT2D eigenvalue weighted by Crippen LogP contribution is 2.36. The number of hydrogen-bond acceptors (Lipinski definition) is 3. The van der Waals surface area contributed by atoms with Gasteiger partial charge in [0.25, 0.3) is 5.91 Å². The minimum Gasteiger partial charge on any atom is -0.347 e. The monoisotopic (exact) mass is 309 g/mol. The molecule has 0 aliphatic carbocycles. The van der Waals surface area contributed by atoms with Crippen molar-refractivity contribution in [3.05, 3.63) is 56.2 Å². The van der Waals surface area contributed by atoms with Crippen LogP contribution >= 0.6 is 34.7 Å².